The highest BCUT2D eigenvalue weighted by Crippen LogP contribution is 2.06. The van der Waals surface area contributed by atoms with Gasteiger partial charge in [-0.3, -0.25) is 9.78 Å². The molecule has 0 bridgehead atoms. The number of carbonyl (C=O) groups is 1. The first-order valence-corrected chi connectivity index (χ1v) is 4.78. The predicted molar refractivity (Wildman–Crippen MR) is 55.6 cm³/mol. The average molecular weight is 201 g/mol. The molecule has 0 N–H and O–H groups in total. The molecule has 0 unspecified atom stereocenters. The summed E-state index contributed by atoms with van der Waals surface area (Å²) in [6, 6.07) is 3.38. The fraction of sp³-hybridized carbons (Fsp3) is 0.182. The Balaban J connectivity index is 2.37. The van der Waals surface area contributed by atoms with E-state index in [1.54, 1.807) is 36.9 Å². The van der Waals surface area contributed by atoms with E-state index in [2.05, 4.69) is 9.97 Å². The molecule has 0 radical (unpaired) electrons. The summed E-state index contributed by atoms with van der Waals surface area (Å²) in [7, 11) is 0. The number of hydrogen-bond donors (Lipinski definition) is 0. The van der Waals surface area contributed by atoms with Gasteiger partial charge in [0.05, 0.1) is 0 Å². The second kappa shape index (κ2) is 4.04. The van der Waals surface area contributed by atoms with Crippen LogP contribution in [-0.2, 0) is 6.54 Å². The summed E-state index contributed by atoms with van der Waals surface area (Å²) in [5.74, 6) is 0.410. The van der Waals surface area contributed by atoms with Crippen molar-refractivity contribution in [1.29, 1.82) is 0 Å². The van der Waals surface area contributed by atoms with Gasteiger partial charge in [0, 0.05) is 36.9 Å². The number of imidazole rings is 1. The van der Waals surface area contributed by atoms with E-state index in [9.17, 15) is 4.79 Å². The Labute approximate surface area is 87.6 Å². The van der Waals surface area contributed by atoms with Crippen molar-refractivity contribution in [2.75, 3.05) is 0 Å². The third-order valence-corrected chi connectivity index (χ3v) is 2.20. The molecular formula is C11H11N3O. The first-order valence-electron chi connectivity index (χ1n) is 4.78. The highest BCUT2D eigenvalue weighted by molar-refractivity contribution is 6.06. The van der Waals surface area contributed by atoms with Crippen LogP contribution in [0.1, 0.15) is 23.1 Å². The van der Waals surface area contributed by atoms with Gasteiger partial charge in [0.25, 0.3) is 0 Å². The summed E-state index contributed by atoms with van der Waals surface area (Å²) in [5.41, 5.74) is 0.617. The number of pyridine rings is 1. The normalized spacial score (nSPS) is 10.2. The summed E-state index contributed by atoms with van der Waals surface area (Å²) < 4.78 is 1.82. The highest BCUT2D eigenvalue weighted by Gasteiger charge is 2.13. The van der Waals surface area contributed by atoms with E-state index in [1.807, 2.05) is 11.5 Å². The Morgan fingerprint density at radius 1 is 1.33 bits per heavy atom. The average Bonchev–Trinajstić information content (AvgIpc) is 2.77. The molecule has 0 aliphatic carbocycles. The first kappa shape index (κ1) is 9.58. The number of aryl methyl sites for hydroxylation is 1. The molecule has 2 aromatic rings. The number of nitrogens with zero attached hydrogens (tertiary/aromatic N) is 3. The Hall–Kier alpha value is -1.97. The zero-order chi connectivity index (χ0) is 10.7. The van der Waals surface area contributed by atoms with Gasteiger partial charge < -0.3 is 4.57 Å². The minimum absolute atomic E-state index is 0.0655. The van der Waals surface area contributed by atoms with Crippen LogP contribution in [0.5, 0.6) is 0 Å². The predicted octanol–water partition coefficient (Wildman–Crippen LogP) is 1.53. The summed E-state index contributed by atoms with van der Waals surface area (Å²) in [6.07, 6.45) is 6.64. The van der Waals surface area contributed by atoms with Crippen LogP contribution in [0.15, 0.2) is 36.9 Å². The summed E-state index contributed by atoms with van der Waals surface area (Å²) in [5, 5.41) is 0. The van der Waals surface area contributed by atoms with Crippen molar-refractivity contribution in [1.82, 2.24) is 14.5 Å². The molecule has 0 aliphatic heterocycles. The summed E-state index contributed by atoms with van der Waals surface area (Å²) in [6.45, 7) is 2.72. The van der Waals surface area contributed by atoms with Crippen LogP contribution in [-0.4, -0.2) is 20.3 Å². The van der Waals surface area contributed by atoms with Crippen LogP contribution in [0.25, 0.3) is 0 Å². The minimum Gasteiger partial charge on any atom is -0.328 e. The molecular weight excluding hydrogens is 190 g/mol. The Kier molecular flexibility index (Phi) is 2.58. The third-order valence-electron chi connectivity index (χ3n) is 2.20. The molecule has 2 rings (SSSR count). The number of carbonyl (C=O) groups excluding carboxylic acids is 1. The largest absolute Gasteiger partial charge is 0.328 e. The van der Waals surface area contributed by atoms with Crippen LogP contribution < -0.4 is 0 Å². The molecule has 0 saturated heterocycles. The molecule has 2 heterocycles. The van der Waals surface area contributed by atoms with Crippen LogP contribution in [0, 0.1) is 0 Å². The lowest BCUT2D eigenvalue weighted by molar-refractivity contribution is 0.102. The van der Waals surface area contributed by atoms with Crippen molar-refractivity contribution >= 4 is 5.78 Å². The topological polar surface area (TPSA) is 47.8 Å². The standard InChI is InChI=1S/C11H11N3O/c1-2-14-8-7-13-11(14)10(15)9-3-5-12-6-4-9/h3-8H,2H2,1H3. The van der Waals surface area contributed by atoms with Crippen LogP contribution >= 0.6 is 0 Å². The second-order valence-electron chi connectivity index (χ2n) is 3.10. The summed E-state index contributed by atoms with van der Waals surface area (Å²) >= 11 is 0. The molecule has 0 fully saturated rings. The second-order valence-corrected chi connectivity index (χ2v) is 3.10. The molecule has 15 heavy (non-hydrogen) atoms. The van der Waals surface area contributed by atoms with Gasteiger partial charge in [0.15, 0.2) is 5.82 Å². The van der Waals surface area contributed by atoms with E-state index in [1.165, 1.54) is 0 Å². The molecule has 0 aliphatic rings. The Morgan fingerprint density at radius 3 is 2.73 bits per heavy atom. The van der Waals surface area contributed by atoms with Gasteiger partial charge in [0.1, 0.15) is 0 Å². The Bertz CT molecular complexity index is 462. The smallest absolute Gasteiger partial charge is 0.228 e. The maximum atomic E-state index is 12.0. The molecule has 0 amide bonds. The molecule has 0 atom stereocenters. The van der Waals surface area contributed by atoms with Gasteiger partial charge in [-0.05, 0) is 19.1 Å². The molecule has 4 nitrogen and oxygen atoms in total. The zero-order valence-electron chi connectivity index (χ0n) is 8.42. The minimum atomic E-state index is -0.0655. The van der Waals surface area contributed by atoms with Crippen molar-refractivity contribution in [3.63, 3.8) is 0 Å². The number of aromatic nitrogens is 3. The lowest BCUT2D eigenvalue weighted by Crippen LogP contribution is -2.10. The van der Waals surface area contributed by atoms with E-state index in [0.29, 0.717) is 11.4 Å². The number of hydrogen-bond acceptors (Lipinski definition) is 3. The van der Waals surface area contributed by atoms with Crippen molar-refractivity contribution in [2.45, 2.75) is 13.5 Å². The molecule has 76 valence electrons. The first-order chi connectivity index (χ1) is 7.33. The van der Waals surface area contributed by atoms with E-state index >= 15 is 0 Å². The van der Waals surface area contributed by atoms with Gasteiger partial charge in [-0.2, -0.15) is 0 Å². The highest BCUT2D eigenvalue weighted by atomic mass is 16.1. The number of ketones is 1. The summed E-state index contributed by atoms with van der Waals surface area (Å²) in [4.78, 5) is 19.9. The van der Waals surface area contributed by atoms with Gasteiger partial charge in [-0.15, -0.1) is 0 Å². The van der Waals surface area contributed by atoms with E-state index < -0.39 is 0 Å². The van der Waals surface area contributed by atoms with Crippen LogP contribution in [0.4, 0.5) is 0 Å². The maximum Gasteiger partial charge on any atom is 0.228 e. The molecule has 0 saturated carbocycles. The van der Waals surface area contributed by atoms with Crippen molar-refractivity contribution in [3.8, 4) is 0 Å². The maximum absolute atomic E-state index is 12.0. The van der Waals surface area contributed by atoms with Gasteiger partial charge in [-0.25, -0.2) is 4.98 Å². The quantitative estimate of drug-likeness (QED) is 0.707. The molecule has 0 aromatic carbocycles. The van der Waals surface area contributed by atoms with Crippen LogP contribution in [0.2, 0.25) is 0 Å². The fourth-order valence-electron chi connectivity index (χ4n) is 1.41. The van der Waals surface area contributed by atoms with E-state index in [4.69, 9.17) is 0 Å². The SMILES string of the molecule is CCn1ccnc1C(=O)c1ccncc1. The lowest BCUT2D eigenvalue weighted by Gasteiger charge is -2.02. The molecule has 0 spiro atoms. The van der Waals surface area contributed by atoms with Gasteiger partial charge in [-0.1, -0.05) is 0 Å². The number of rotatable bonds is 3. The fourth-order valence-corrected chi connectivity index (χ4v) is 1.41. The monoisotopic (exact) mass is 201 g/mol. The van der Waals surface area contributed by atoms with Crippen molar-refractivity contribution < 1.29 is 4.79 Å². The van der Waals surface area contributed by atoms with E-state index in [-0.39, 0.29) is 5.78 Å². The zero-order valence-corrected chi connectivity index (χ0v) is 8.42. The van der Waals surface area contributed by atoms with Crippen molar-refractivity contribution in [3.05, 3.63) is 48.3 Å². The lowest BCUT2D eigenvalue weighted by atomic mass is 10.2. The van der Waals surface area contributed by atoms with E-state index in [0.717, 1.165) is 6.54 Å². The molecule has 4 heteroatoms. The third kappa shape index (κ3) is 1.79. The Morgan fingerprint density at radius 2 is 2.07 bits per heavy atom. The van der Waals surface area contributed by atoms with Crippen LogP contribution in [0.3, 0.4) is 0 Å². The van der Waals surface area contributed by atoms with Gasteiger partial charge >= 0.3 is 0 Å². The molecule has 2 aromatic heterocycles. The van der Waals surface area contributed by atoms with Gasteiger partial charge in [0.2, 0.25) is 5.78 Å². The van der Waals surface area contributed by atoms with Crippen molar-refractivity contribution in [2.24, 2.45) is 0 Å².